The van der Waals surface area contributed by atoms with Gasteiger partial charge in [0.25, 0.3) is 0 Å². The smallest absolute Gasteiger partial charge is 0.313 e. The second-order valence-electron chi connectivity index (χ2n) is 4.01. The van der Waals surface area contributed by atoms with E-state index in [9.17, 15) is 4.79 Å². The maximum Gasteiger partial charge on any atom is 0.313 e. The van der Waals surface area contributed by atoms with Crippen LogP contribution in [0.5, 0.6) is 0 Å². The summed E-state index contributed by atoms with van der Waals surface area (Å²) in [6, 6.07) is 18.6. The summed E-state index contributed by atoms with van der Waals surface area (Å²) in [5.41, 5.74) is 3.58. The van der Waals surface area contributed by atoms with E-state index >= 15 is 0 Å². The monoisotopic (exact) mass is 259 g/mol. The van der Waals surface area contributed by atoms with Gasteiger partial charge < -0.3 is 5.32 Å². The minimum absolute atomic E-state index is 0.504. The standard InChI is InChI=1S/C15H14ClNO/c16-15(18)17-11-10-12-6-8-14(9-7-12)13-4-2-1-3-5-13/h1-9H,10-11H2,(H,17,18). The maximum absolute atomic E-state index is 10.5. The molecule has 0 radical (unpaired) electrons. The number of halogens is 1. The molecular weight excluding hydrogens is 246 g/mol. The van der Waals surface area contributed by atoms with Gasteiger partial charge in [0.1, 0.15) is 0 Å². The number of hydrogen-bond acceptors (Lipinski definition) is 1. The first-order valence-electron chi connectivity index (χ1n) is 5.83. The summed E-state index contributed by atoms with van der Waals surface area (Å²) in [7, 11) is 0. The molecule has 0 aliphatic carbocycles. The summed E-state index contributed by atoms with van der Waals surface area (Å²) < 4.78 is 0. The van der Waals surface area contributed by atoms with Crippen molar-refractivity contribution in [1.29, 1.82) is 0 Å². The number of amides is 1. The Labute approximate surface area is 112 Å². The van der Waals surface area contributed by atoms with Gasteiger partial charge in [-0.15, -0.1) is 0 Å². The fourth-order valence-corrected chi connectivity index (χ4v) is 1.89. The predicted octanol–water partition coefficient (Wildman–Crippen LogP) is 3.84. The van der Waals surface area contributed by atoms with Crippen molar-refractivity contribution in [3.63, 3.8) is 0 Å². The number of carbonyl (C=O) groups excluding carboxylic acids is 1. The SMILES string of the molecule is O=C(Cl)NCCc1ccc(-c2ccccc2)cc1. The molecule has 2 nitrogen and oxygen atoms in total. The fourth-order valence-electron chi connectivity index (χ4n) is 1.80. The number of benzene rings is 2. The molecule has 2 aromatic carbocycles. The lowest BCUT2D eigenvalue weighted by atomic mass is 10.0. The summed E-state index contributed by atoms with van der Waals surface area (Å²) in [5.74, 6) is 0. The van der Waals surface area contributed by atoms with E-state index in [4.69, 9.17) is 11.6 Å². The van der Waals surface area contributed by atoms with Crippen LogP contribution in [0.2, 0.25) is 0 Å². The van der Waals surface area contributed by atoms with Gasteiger partial charge in [0.05, 0.1) is 0 Å². The Morgan fingerprint density at radius 2 is 1.56 bits per heavy atom. The Morgan fingerprint density at radius 3 is 2.17 bits per heavy atom. The van der Waals surface area contributed by atoms with Crippen LogP contribution in [0, 0.1) is 0 Å². The lowest BCUT2D eigenvalue weighted by molar-refractivity contribution is 0.260. The molecule has 0 bridgehead atoms. The van der Waals surface area contributed by atoms with Crippen LogP contribution in [0.1, 0.15) is 5.56 Å². The molecule has 0 saturated carbocycles. The van der Waals surface area contributed by atoms with Crippen LogP contribution in [-0.2, 0) is 6.42 Å². The first-order valence-corrected chi connectivity index (χ1v) is 6.21. The molecular formula is C15H14ClNO. The Hall–Kier alpha value is -1.80. The number of rotatable bonds is 4. The average molecular weight is 260 g/mol. The minimum Gasteiger partial charge on any atom is -0.342 e. The van der Waals surface area contributed by atoms with Crippen LogP contribution in [-0.4, -0.2) is 11.9 Å². The van der Waals surface area contributed by atoms with Crippen LogP contribution in [0.15, 0.2) is 54.6 Å². The molecule has 0 spiro atoms. The molecule has 0 aliphatic rings. The van der Waals surface area contributed by atoms with Gasteiger partial charge in [-0.05, 0) is 34.7 Å². The third-order valence-electron chi connectivity index (χ3n) is 2.74. The molecule has 0 heterocycles. The van der Waals surface area contributed by atoms with Gasteiger partial charge in [0.15, 0.2) is 0 Å². The maximum atomic E-state index is 10.5. The van der Waals surface area contributed by atoms with Crippen LogP contribution in [0.25, 0.3) is 11.1 Å². The van der Waals surface area contributed by atoms with Crippen molar-refractivity contribution in [2.75, 3.05) is 6.54 Å². The largest absolute Gasteiger partial charge is 0.342 e. The Balaban J connectivity index is 2.00. The van der Waals surface area contributed by atoms with E-state index in [2.05, 4.69) is 41.7 Å². The highest BCUT2D eigenvalue weighted by atomic mass is 35.5. The second kappa shape index (κ2) is 6.22. The molecule has 3 heteroatoms. The summed E-state index contributed by atoms with van der Waals surface area (Å²) in [4.78, 5) is 10.5. The molecule has 2 aromatic rings. The van der Waals surface area contributed by atoms with E-state index in [1.807, 2.05) is 18.2 Å². The summed E-state index contributed by atoms with van der Waals surface area (Å²) in [5, 5.41) is 2.06. The highest BCUT2D eigenvalue weighted by Gasteiger charge is 1.98. The van der Waals surface area contributed by atoms with Gasteiger partial charge in [-0.1, -0.05) is 54.6 Å². The highest BCUT2D eigenvalue weighted by Crippen LogP contribution is 2.19. The summed E-state index contributed by atoms with van der Waals surface area (Å²) in [6.45, 7) is 0.563. The highest BCUT2D eigenvalue weighted by molar-refractivity contribution is 6.62. The molecule has 18 heavy (non-hydrogen) atoms. The fraction of sp³-hybridized carbons (Fsp3) is 0.133. The van der Waals surface area contributed by atoms with Crippen molar-refractivity contribution in [2.24, 2.45) is 0 Å². The first-order chi connectivity index (χ1) is 8.75. The third-order valence-corrected chi connectivity index (χ3v) is 2.87. The van der Waals surface area contributed by atoms with E-state index in [0.717, 1.165) is 6.42 Å². The summed E-state index contributed by atoms with van der Waals surface area (Å²) >= 11 is 5.20. The van der Waals surface area contributed by atoms with Crippen LogP contribution < -0.4 is 5.32 Å². The van der Waals surface area contributed by atoms with Crippen molar-refractivity contribution in [2.45, 2.75) is 6.42 Å². The zero-order valence-electron chi connectivity index (χ0n) is 9.90. The van der Waals surface area contributed by atoms with Crippen molar-refractivity contribution >= 4 is 17.0 Å². The topological polar surface area (TPSA) is 29.1 Å². The molecule has 0 aliphatic heterocycles. The van der Waals surface area contributed by atoms with Gasteiger partial charge in [0.2, 0.25) is 0 Å². The van der Waals surface area contributed by atoms with Crippen LogP contribution in [0.4, 0.5) is 4.79 Å². The van der Waals surface area contributed by atoms with Crippen LogP contribution >= 0.6 is 11.6 Å². The van der Waals surface area contributed by atoms with E-state index in [0.29, 0.717) is 6.54 Å². The zero-order chi connectivity index (χ0) is 12.8. The van der Waals surface area contributed by atoms with Crippen LogP contribution in [0.3, 0.4) is 0 Å². The van der Waals surface area contributed by atoms with Crippen molar-refractivity contribution in [3.05, 3.63) is 60.2 Å². The van der Waals surface area contributed by atoms with Gasteiger partial charge in [-0.25, -0.2) is 0 Å². The zero-order valence-corrected chi connectivity index (χ0v) is 10.7. The lowest BCUT2D eigenvalue weighted by Gasteiger charge is -2.04. The summed E-state index contributed by atoms with van der Waals surface area (Å²) in [6.07, 6.45) is 0.785. The number of hydrogen-bond donors (Lipinski definition) is 1. The molecule has 0 aromatic heterocycles. The van der Waals surface area contributed by atoms with E-state index < -0.39 is 5.37 Å². The lowest BCUT2D eigenvalue weighted by Crippen LogP contribution is -2.19. The minimum atomic E-state index is -0.504. The Bertz CT molecular complexity index is 508. The predicted molar refractivity (Wildman–Crippen MR) is 74.8 cm³/mol. The molecule has 2 rings (SSSR count). The van der Waals surface area contributed by atoms with Gasteiger partial charge in [-0.3, -0.25) is 4.79 Å². The molecule has 1 amide bonds. The number of carbonyl (C=O) groups is 1. The van der Waals surface area contributed by atoms with Crippen molar-refractivity contribution in [1.82, 2.24) is 5.32 Å². The van der Waals surface area contributed by atoms with E-state index in [-0.39, 0.29) is 0 Å². The molecule has 1 N–H and O–H groups in total. The molecule has 0 unspecified atom stereocenters. The van der Waals surface area contributed by atoms with Gasteiger partial charge in [0, 0.05) is 6.54 Å². The van der Waals surface area contributed by atoms with E-state index in [1.165, 1.54) is 16.7 Å². The normalized spacial score (nSPS) is 10.1. The second-order valence-corrected chi connectivity index (χ2v) is 4.36. The van der Waals surface area contributed by atoms with Crippen molar-refractivity contribution < 1.29 is 4.79 Å². The Morgan fingerprint density at radius 1 is 0.944 bits per heavy atom. The Kier molecular flexibility index (Phi) is 4.37. The first kappa shape index (κ1) is 12.7. The van der Waals surface area contributed by atoms with Gasteiger partial charge >= 0.3 is 5.37 Å². The quantitative estimate of drug-likeness (QED) is 0.656. The van der Waals surface area contributed by atoms with Gasteiger partial charge in [-0.2, -0.15) is 0 Å². The molecule has 0 saturated heterocycles. The molecule has 0 atom stereocenters. The molecule has 92 valence electrons. The molecule has 0 fully saturated rings. The number of nitrogens with one attached hydrogen (secondary N) is 1. The average Bonchev–Trinajstić information content (AvgIpc) is 2.40. The van der Waals surface area contributed by atoms with Crippen molar-refractivity contribution in [3.8, 4) is 11.1 Å². The third kappa shape index (κ3) is 3.60. The van der Waals surface area contributed by atoms with E-state index in [1.54, 1.807) is 0 Å².